The standard InChI is InChI=1S/C12H16O5/c13-6-9-10(14)11(12(15)17-9)16-7-8-4-2-1-3-5-8/h1-5,9-15H,6-7H2/t9-,10-,11+,12+/m1/s1. The molecule has 5 heteroatoms. The summed E-state index contributed by atoms with van der Waals surface area (Å²) in [6, 6.07) is 9.43. The predicted molar refractivity (Wildman–Crippen MR) is 59.0 cm³/mol. The lowest BCUT2D eigenvalue weighted by Crippen LogP contribution is -2.36. The molecule has 1 aromatic carbocycles. The Morgan fingerprint density at radius 1 is 1.18 bits per heavy atom. The number of aliphatic hydroxyl groups excluding tert-OH is 3. The molecular formula is C12H16O5. The first-order valence-electron chi connectivity index (χ1n) is 5.50. The van der Waals surface area contributed by atoms with Gasteiger partial charge < -0.3 is 24.8 Å². The molecule has 1 aliphatic rings. The predicted octanol–water partition coefficient (Wildman–Crippen LogP) is -0.358. The number of ether oxygens (including phenoxy) is 2. The molecule has 94 valence electrons. The fraction of sp³-hybridized carbons (Fsp3) is 0.500. The molecular weight excluding hydrogens is 224 g/mol. The topological polar surface area (TPSA) is 79.2 Å². The smallest absolute Gasteiger partial charge is 0.184 e. The van der Waals surface area contributed by atoms with E-state index < -0.39 is 24.6 Å². The van der Waals surface area contributed by atoms with Crippen LogP contribution in [0.2, 0.25) is 0 Å². The fourth-order valence-corrected chi connectivity index (χ4v) is 1.82. The minimum atomic E-state index is -1.20. The summed E-state index contributed by atoms with van der Waals surface area (Å²) in [6.45, 7) is -0.0649. The van der Waals surface area contributed by atoms with E-state index >= 15 is 0 Å². The van der Waals surface area contributed by atoms with E-state index in [4.69, 9.17) is 14.6 Å². The maximum absolute atomic E-state index is 9.73. The van der Waals surface area contributed by atoms with Gasteiger partial charge in [-0.2, -0.15) is 0 Å². The second kappa shape index (κ2) is 5.57. The molecule has 0 saturated carbocycles. The molecule has 1 aliphatic heterocycles. The second-order valence-corrected chi connectivity index (χ2v) is 4.00. The van der Waals surface area contributed by atoms with E-state index in [1.165, 1.54) is 0 Å². The van der Waals surface area contributed by atoms with Crippen LogP contribution in [-0.2, 0) is 16.1 Å². The lowest BCUT2D eigenvalue weighted by Gasteiger charge is -2.17. The van der Waals surface area contributed by atoms with Gasteiger partial charge in [0.05, 0.1) is 13.2 Å². The van der Waals surface area contributed by atoms with Gasteiger partial charge in [-0.1, -0.05) is 30.3 Å². The third kappa shape index (κ3) is 2.83. The van der Waals surface area contributed by atoms with Gasteiger partial charge in [0.1, 0.15) is 18.3 Å². The molecule has 1 aromatic rings. The lowest BCUT2D eigenvalue weighted by molar-refractivity contribution is -0.150. The van der Waals surface area contributed by atoms with Crippen molar-refractivity contribution in [2.75, 3.05) is 6.61 Å². The summed E-state index contributed by atoms with van der Waals surface area (Å²) < 4.78 is 10.4. The van der Waals surface area contributed by atoms with Gasteiger partial charge in [0, 0.05) is 0 Å². The summed E-state index contributed by atoms with van der Waals surface area (Å²) in [5, 5.41) is 28.2. The van der Waals surface area contributed by atoms with Crippen LogP contribution in [0.5, 0.6) is 0 Å². The van der Waals surface area contributed by atoms with Gasteiger partial charge in [-0.3, -0.25) is 0 Å². The van der Waals surface area contributed by atoms with Gasteiger partial charge in [0.25, 0.3) is 0 Å². The molecule has 1 fully saturated rings. The molecule has 0 aromatic heterocycles. The van der Waals surface area contributed by atoms with Gasteiger partial charge in [-0.05, 0) is 5.56 Å². The number of hydrogen-bond acceptors (Lipinski definition) is 5. The van der Waals surface area contributed by atoms with Crippen molar-refractivity contribution in [1.82, 2.24) is 0 Å². The van der Waals surface area contributed by atoms with Crippen molar-refractivity contribution in [2.45, 2.75) is 31.2 Å². The molecule has 0 radical (unpaired) electrons. The third-order valence-electron chi connectivity index (χ3n) is 2.78. The Labute approximate surface area is 99.2 Å². The molecule has 3 N–H and O–H groups in total. The lowest BCUT2D eigenvalue weighted by atomic mass is 10.1. The highest BCUT2D eigenvalue weighted by Gasteiger charge is 2.43. The minimum Gasteiger partial charge on any atom is -0.394 e. The summed E-state index contributed by atoms with van der Waals surface area (Å²) in [7, 11) is 0. The second-order valence-electron chi connectivity index (χ2n) is 4.00. The van der Waals surface area contributed by atoms with E-state index in [0.717, 1.165) is 5.56 Å². The highest BCUT2D eigenvalue weighted by Crippen LogP contribution is 2.23. The van der Waals surface area contributed by atoms with Gasteiger partial charge >= 0.3 is 0 Å². The molecule has 1 saturated heterocycles. The Bertz CT molecular complexity index is 342. The molecule has 0 spiro atoms. The molecule has 0 unspecified atom stereocenters. The molecule has 4 atom stereocenters. The van der Waals surface area contributed by atoms with Crippen molar-refractivity contribution < 1.29 is 24.8 Å². The van der Waals surface area contributed by atoms with Crippen LogP contribution in [0.15, 0.2) is 30.3 Å². The van der Waals surface area contributed by atoms with Crippen LogP contribution in [0.1, 0.15) is 5.56 Å². The van der Waals surface area contributed by atoms with Crippen molar-refractivity contribution >= 4 is 0 Å². The van der Waals surface area contributed by atoms with E-state index in [1.54, 1.807) is 0 Å². The Hall–Kier alpha value is -0.980. The Morgan fingerprint density at radius 3 is 2.47 bits per heavy atom. The summed E-state index contributed by atoms with van der Waals surface area (Å²) in [5.74, 6) is 0. The van der Waals surface area contributed by atoms with E-state index in [9.17, 15) is 10.2 Å². The van der Waals surface area contributed by atoms with E-state index in [2.05, 4.69) is 0 Å². The van der Waals surface area contributed by atoms with E-state index in [0.29, 0.717) is 0 Å². The Kier molecular flexibility index (Phi) is 4.09. The molecule has 17 heavy (non-hydrogen) atoms. The van der Waals surface area contributed by atoms with Crippen LogP contribution in [0.25, 0.3) is 0 Å². The quantitative estimate of drug-likeness (QED) is 0.670. The van der Waals surface area contributed by atoms with E-state index in [1.807, 2.05) is 30.3 Å². The number of rotatable bonds is 4. The van der Waals surface area contributed by atoms with Gasteiger partial charge in [-0.25, -0.2) is 0 Å². The van der Waals surface area contributed by atoms with Crippen LogP contribution >= 0.6 is 0 Å². The van der Waals surface area contributed by atoms with Gasteiger partial charge in [0.2, 0.25) is 0 Å². The van der Waals surface area contributed by atoms with Crippen molar-refractivity contribution in [1.29, 1.82) is 0 Å². The highest BCUT2D eigenvalue weighted by molar-refractivity contribution is 5.13. The first-order valence-corrected chi connectivity index (χ1v) is 5.50. The zero-order chi connectivity index (χ0) is 12.3. The summed E-state index contributed by atoms with van der Waals surface area (Å²) >= 11 is 0. The molecule has 1 heterocycles. The normalized spacial score (nSPS) is 32.9. The maximum atomic E-state index is 9.73. The van der Waals surface area contributed by atoms with Crippen molar-refractivity contribution in [3.05, 3.63) is 35.9 Å². The molecule has 0 amide bonds. The summed E-state index contributed by atoms with van der Waals surface area (Å²) in [4.78, 5) is 0. The molecule has 0 bridgehead atoms. The molecule has 5 nitrogen and oxygen atoms in total. The zero-order valence-corrected chi connectivity index (χ0v) is 9.27. The molecule has 0 aliphatic carbocycles. The van der Waals surface area contributed by atoms with Crippen molar-refractivity contribution in [3.8, 4) is 0 Å². The number of aliphatic hydroxyl groups is 3. The van der Waals surface area contributed by atoms with Gasteiger partial charge in [-0.15, -0.1) is 0 Å². The van der Waals surface area contributed by atoms with E-state index in [-0.39, 0.29) is 13.2 Å². The number of benzene rings is 1. The largest absolute Gasteiger partial charge is 0.394 e. The highest BCUT2D eigenvalue weighted by atomic mass is 16.7. The fourth-order valence-electron chi connectivity index (χ4n) is 1.82. The van der Waals surface area contributed by atoms with Crippen LogP contribution < -0.4 is 0 Å². The first-order chi connectivity index (χ1) is 8.22. The first kappa shape index (κ1) is 12.5. The number of hydrogen-bond donors (Lipinski definition) is 3. The zero-order valence-electron chi connectivity index (χ0n) is 9.27. The van der Waals surface area contributed by atoms with Crippen molar-refractivity contribution in [2.24, 2.45) is 0 Å². The van der Waals surface area contributed by atoms with Crippen LogP contribution in [0.4, 0.5) is 0 Å². The average Bonchev–Trinajstić information content (AvgIpc) is 2.63. The summed E-state index contributed by atoms with van der Waals surface area (Å²) in [5.41, 5.74) is 0.944. The Morgan fingerprint density at radius 2 is 1.88 bits per heavy atom. The van der Waals surface area contributed by atoms with Crippen LogP contribution in [-0.4, -0.2) is 46.5 Å². The monoisotopic (exact) mass is 240 g/mol. The van der Waals surface area contributed by atoms with Crippen LogP contribution in [0.3, 0.4) is 0 Å². The average molecular weight is 240 g/mol. The SMILES string of the molecule is OC[C@H]1O[C@H](O)[C@@H](OCc2ccccc2)[C@@H]1O. The van der Waals surface area contributed by atoms with Crippen LogP contribution in [0, 0.1) is 0 Å². The van der Waals surface area contributed by atoms with Crippen molar-refractivity contribution in [3.63, 3.8) is 0 Å². The maximum Gasteiger partial charge on any atom is 0.184 e. The Balaban J connectivity index is 1.91. The minimum absolute atomic E-state index is 0.279. The molecule has 2 rings (SSSR count). The third-order valence-corrected chi connectivity index (χ3v) is 2.78. The summed E-state index contributed by atoms with van der Waals surface area (Å²) in [6.07, 6.45) is -3.83. The van der Waals surface area contributed by atoms with Gasteiger partial charge in [0.15, 0.2) is 6.29 Å².